The van der Waals surface area contributed by atoms with Crippen LogP contribution >= 0.6 is 11.6 Å². The van der Waals surface area contributed by atoms with Gasteiger partial charge in [-0.15, -0.1) is 0 Å². The van der Waals surface area contributed by atoms with Crippen LogP contribution in [-0.2, 0) is 13.1 Å². The number of nitrogens with one attached hydrogen (secondary N) is 1. The molecule has 1 N–H and O–H groups in total. The van der Waals surface area contributed by atoms with Gasteiger partial charge >= 0.3 is 0 Å². The molecule has 0 radical (unpaired) electrons. The van der Waals surface area contributed by atoms with Crippen molar-refractivity contribution in [2.45, 2.75) is 33.0 Å². The Morgan fingerprint density at radius 1 is 1.04 bits per heavy atom. The van der Waals surface area contributed by atoms with Gasteiger partial charge in [-0.2, -0.15) is 0 Å². The van der Waals surface area contributed by atoms with Crippen molar-refractivity contribution in [2.24, 2.45) is 0 Å². The lowest BCUT2D eigenvalue weighted by molar-refractivity contribution is 0.0684. The van der Waals surface area contributed by atoms with E-state index in [4.69, 9.17) is 11.6 Å². The fourth-order valence-electron chi connectivity index (χ4n) is 2.88. The molecule has 0 bridgehead atoms. The number of anilines is 1. The fourth-order valence-corrected chi connectivity index (χ4v) is 3.01. The molecule has 1 amide bonds. The zero-order chi connectivity index (χ0) is 19.9. The molecule has 0 fully saturated rings. The molecule has 0 unspecified atom stereocenters. The fraction of sp³-hybridized carbons (Fsp3) is 0.217. The number of pyridine rings is 1. The molecule has 28 heavy (non-hydrogen) atoms. The number of halogens is 1. The molecule has 0 aliphatic heterocycles. The van der Waals surface area contributed by atoms with Crippen molar-refractivity contribution >= 4 is 23.2 Å². The van der Waals surface area contributed by atoms with E-state index < -0.39 is 0 Å². The largest absolute Gasteiger partial charge is 0.381 e. The number of hydrogen-bond donors (Lipinski definition) is 1. The highest BCUT2D eigenvalue weighted by atomic mass is 35.5. The van der Waals surface area contributed by atoms with Gasteiger partial charge in [-0.1, -0.05) is 54.1 Å². The Bertz CT molecular complexity index is 911. The standard InChI is InChI=1S/C23H24ClN3O/c1-17(2)27(16-19-6-4-3-5-7-19)23(28)22-14-21(12-13-25-22)26-15-18-8-10-20(24)11-9-18/h3-14,17H,15-16H2,1-2H3,(H,25,26). The van der Waals surface area contributed by atoms with E-state index in [1.54, 1.807) is 12.3 Å². The van der Waals surface area contributed by atoms with Gasteiger partial charge in [-0.3, -0.25) is 9.78 Å². The Balaban J connectivity index is 1.71. The maximum absolute atomic E-state index is 13.1. The molecule has 0 aliphatic carbocycles. The number of benzene rings is 2. The molecule has 4 nitrogen and oxygen atoms in total. The summed E-state index contributed by atoms with van der Waals surface area (Å²) in [6.45, 7) is 5.24. The lowest BCUT2D eigenvalue weighted by Crippen LogP contribution is -2.36. The summed E-state index contributed by atoms with van der Waals surface area (Å²) in [5.41, 5.74) is 3.51. The van der Waals surface area contributed by atoms with Gasteiger partial charge in [0.15, 0.2) is 0 Å². The average molecular weight is 394 g/mol. The van der Waals surface area contributed by atoms with Gasteiger partial charge in [-0.05, 0) is 49.2 Å². The first-order valence-electron chi connectivity index (χ1n) is 9.32. The number of hydrogen-bond acceptors (Lipinski definition) is 3. The van der Waals surface area contributed by atoms with Gasteiger partial charge < -0.3 is 10.2 Å². The van der Waals surface area contributed by atoms with E-state index in [1.165, 1.54) is 0 Å². The first-order valence-corrected chi connectivity index (χ1v) is 9.70. The second-order valence-corrected chi connectivity index (χ2v) is 7.36. The smallest absolute Gasteiger partial charge is 0.273 e. The molecule has 3 aromatic rings. The molecular formula is C23H24ClN3O. The number of amides is 1. The van der Waals surface area contributed by atoms with Crippen LogP contribution in [0.1, 0.15) is 35.5 Å². The molecule has 2 aromatic carbocycles. The van der Waals surface area contributed by atoms with E-state index in [0.717, 1.165) is 16.8 Å². The molecule has 144 valence electrons. The minimum absolute atomic E-state index is 0.0696. The maximum Gasteiger partial charge on any atom is 0.273 e. The van der Waals surface area contributed by atoms with Crippen molar-refractivity contribution in [1.29, 1.82) is 0 Å². The van der Waals surface area contributed by atoms with Crippen LogP contribution in [0.3, 0.4) is 0 Å². The van der Waals surface area contributed by atoms with Crippen LogP contribution < -0.4 is 5.32 Å². The molecule has 1 aromatic heterocycles. The number of rotatable bonds is 7. The molecule has 0 atom stereocenters. The molecule has 0 spiro atoms. The quantitative estimate of drug-likeness (QED) is 0.584. The Kier molecular flexibility index (Phi) is 6.66. The van der Waals surface area contributed by atoms with Crippen LogP contribution in [0.2, 0.25) is 5.02 Å². The molecule has 3 rings (SSSR count). The normalized spacial score (nSPS) is 10.7. The van der Waals surface area contributed by atoms with E-state index in [0.29, 0.717) is 23.8 Å². The van der Waals surface area contributed by atoms with E-state index >= 15 is 0 Å². The van der Waals surface area contributed by atoms with Gasteiger partial charge in [-0.25, -0.2) is 0 Å². The summed E-state index contributed by atoms with van der Waals surface area (Å²) in [7, 11) is 0. The number of carbonyl (C=O) groups excluding carboxylic acids is 1. The summed E-state index contributed by atoms with van der Waals surface area (Å²) in [4.78, 5) is 19.2. The third kappa shape index (κ3) is 5.33. The van der Waals surface area contributed by atoms with E-state index in [1.807, 2.05) is 79.4 Å². The SMILES string of the molecule is CC(C)N(Cc1ccccc1)C(=O)c1cc(NCc2ccc(Cl)cc2)ccn1. The van der Waals surface area contributed by atoms with Crippen molar-refractivity contribution in [1.82, 2.24) is 9.88 Å². The third-order valence-electron chi connectivity index (χ3n) is 4.47. The first-order chi connectivity index (χ1) is 13.5. The van der Waals surface area contributed by atoms with Gasteiger partial charge in [0.2, 0.25) is 0 Å². The van der Waals surface area contributed by atoms with E-state index in [2.05, 4.69) is 10.3 Å². The maximum atomic E-state index is 13.1. The Labute approximate surface area is 171 Å². The number of carbonyl (C=O) groups is 1. The molecular weight excluding hydrogens is 370 g/mol. The van der Waals surface area contributed by atoms with Crippen molar-refractivity contribution in [2.75, 3.05) is 5.32 Å². The summed E-state index contributed by atoms with van der Waals surface area (Å²) in [5.74, 6) is -0.0750. The van der Waals surface area contributed by atoms with Gasteiger partial charge in [0.05, 0.1) is 0 Å². The van der Waals surface area contributed by atoms with Crippen LogP contribution in [0.15, 0.2) is 72.9 Å². The molecule has 5 heteroatoms. The predicted molar refractivity (Wildman–Crippen MR) is 114 cm³/mol. The highest BCUT2D eigenvalue weighted by molar-refractivity contribution is 6.30. The lowest BCUT2D eigenvalue weighted by atomic mass is 10.1. The molecule has 1 heterocycles. The number of aromatic nitrogens is 1. The lowest BCUT2D eigenvalue weighted by Gasteiger charge is -2.26. The minimum Gasteiger partial charge on any atom is -0.381 e. The van der Waals surface area contributed by atoms with E-state index in [-0.39, 0.29) is 11.9 Å². The van der Waals surface area contributed by atoms with Crippen molar-refractivity contribution in [3.05, 3.63) is 94.8 Å². The third-order valence-corrected chi connectivity index (χ3v) is 4.72. The van der Waals surface area contributed by atoms with Crippen LogP contribution in [0.4, 0.5) is 5.69 Å². The van der Waals surface area contributed by atoms with Gasteiger partial charge in [0.1, 0.15) is 5.69 Å². The van der Waals surface area contributed by atoms with Crippen molar-refractivity contribution in [3.63, 3.8) is 0 Å². The van der Waals surface area contributed by atoms with Crippen LogP contribution in [0.5, 0.6) is 0 Å². The Morgan fingerprint density at radius 2 is 1.75 bits per heavy atom. The predicted octanol–water partition coefficient (Wildman–Crippen LogP) is 5.40. The van der Waals surface area contributed by atoms with Crippen LogP contribution in [0.25, 0.3) is 0 Å². The first kappa shape index (κ1) is 19.9. The molecule has 0 aliphatic rings. The minimum atomic E-state index is -0.0750. The second kappa shape index (κ2) is 9.38. The zero-order valence-electron chi connectivity index (χ0n) is 16.1. The second-order valence-electron chi connectivity index (χ2n) is 6.92. The van der Waals surface area contributed by atoms with Crippen LogP contribution in [0, 0.1) is 0 Å². The van der Waals surface area contributed by atoms with Crippen molar-refractivity contribution in [3.8, 4) is 0 Å². The van der Waals surface area contributed by atoms with Crippen LogP contribution in [-0.4, -0.2) is 21.8 Å². The zero-order valence-corrected chi connectivity index (χ0v) is 16.9. The summed E-state index contributed by atoms with van der Waals surface area (Å²) >= 11 is 5.93. The topological polar surface area (TPSA) is 45.2 Å². The number of nitrogens with zero attached hydrogens (tertiary/aromatic N) is 2. The van der Waals surface area contributed by atoms with Crippen molar-refractivity contribution < 1.29 is 4.79 Å². The monoisotopic (exact) mass is 393 g/mol. The molecule has 0 saturated heterocycles. The van der Waals surface area contributed by atoms with Gasteiger partial charge in [0.25, 0.3) is 5.91 Å². The molecule has 0 saturated carbocycles. The highest BCUT2D eigenvalue weighted by Gasteiger charge is 2.20. The summed E-state index contributed by atoms with van der Waals surface area (Å²) < 4.78 is 0. The Hall–Kier alpha value is -2.85. The summed E-state index contributed by atoms with van der Waals surface area (Å²) in [5, 5.41) is 4.06. The average Bonchev–Trinajstić information content (AvgIpc) is 2.72. The van der Waals surface area contributed by atoms with Gasteiger partial charge in [0, 0.05) is 36.0 Å². The summed E-state index contributed by atoms with van der Waals surface area (Å²) in [6.07, 6.45) is 1.67. The summed E-state index contributed by atoms with van der Waals surface area (Å²) in [6, 6.07) is 21.4. The Morgan fingerprint density at radius 3 is 2.43 bits per heavy atom. The van der Waals surface area contributed by atoms with E-state index in [9.17, 15) is 4.79 Å². The highest BCUT2D eigenvalue weighted by Crippen LogP contribution is 2.16.